The van der Waals surface area contributed by atoms with Crippen LogP contribution in [-0.2, 0) is 39.6 Å². The average Bonchev–Trinajstić information content (AvgIpc) is 3.38. The number of aromatic nitrogens is 2. The summed E-state index contributed by atoms with van der Waals surface area (Å²) in [4.78, 5) is 4.85. The molecule has 3 aromatic carbocycles. The Kier molecular flexibility index (Phi) is 8.32. The molecule has 3 atom stereocenters. The molecule has 4 aromatic rings. The monoisotopic (exact) mass is 512 g/mol. The van der Waals surface area contributed by atoms with Crippen molar-refractivity contribution in [2.75, 3.05) is 7.11 Å². The van der Waals surface area contributed by atoms with E-state index < -0.39 is 21.6 Å². The SMILES string of the molecule is COc1ccc(CS(=O)c2ccc(C(Cn3ccnc3)S(=O)Cc3ccc(Cl)cc3)cc2)cc1. The zero-order valence-corrected chi connectivity index (χ0v) is 21.1. The van der Waals surface area contributed by atoms with Crippen molar-refractivity contribution in [1.29, 1.82) is 0 Å². The molecule has 1 heterocycles. The lowest BCUT2D eigenvalue weighted by atomic mass is 10.1. The quantitative estimate of drug-likeness (QED) is 0.280. The molecule has 0 aliphatic heterocycles. The summed E-state index contributed by atoms with van der Waals surface area (Å²) in [5.41, 5.74) is 2.88. The number of imidazole rings is 1. The highest BCUT2D eigenvalue weighted by molar-refractivity contribution is 7.84. The number of halogens is 1. The molecule has 176 valence electrons. The number of nitrogens with zero attached hydrogens (tertiary/aromatic N) is 2. The lowest BCUT2D eigenvalue weighted by Crippen LogP contribution is -2.15. The van der Waals surface area contributed by atoms with Crippen LogP contribution in [0.5, 0.6) is 5.75 Å². The summed E-state index contributed by atoms with van der Waals surface area (Å²) in [6.07, 6.45) is 5.31. The number of rotatable bonds is 10. The number of hydrogen-bond acceptors (Lipinski definition) is 4. The van der Waals surface area contributed by atoms with Crippen LogP contribution in [0.4, 0.5) is 0 Å². The molecule has 8 heteroatoms. The number of ether oxygens (including phenoxy) is 1. The number of benzene rings is 3. The molecule has 0 spiro atoms. The predicted molar refractivity (Wildman–Crippen MR) is 138 cm³/mol. The number of hydrogen-bond donors (Lipinski definition) is 0. The standard InChI is InChI=1S/C26H25ClN2O3S2/c1-32-24-10-4-21(5-11-24)17-33(30)25-12-6-22(7-13-25)26(16-29-15-14-28-19-29)34(31)18-20-2-8-23(27)9-3-20/h2-15,19,26H,16-18H2,1H3. The highest BCUT2D eigenvalue weighted by Gasteiger charge is 2.21. The van der Waals surface area contributed by atoms with Crippen LogP contribution in [0, 0.1) is 0 Å². The fourth-order valence-corrected chi connectivity index (χ4v) is 6.31. The van der Waals surface area contributed by atoms with Crippen molar-refractivity contribution in [2.24, 2.45) is 0 Å². The Bertz CT molecular complexity index is 1240. The van der Waals surface area contributed by atoms with Crippen molar-refractivity contribution < 1.29 is 13.2 Å². The second-order valence-electron chi connectivity index (χ2n) is 7.81. The zero-order valence-electron chi connectivity index (χ0n) is 18.7. The Balaban J connectivity index is 1.50. The smallest absolute Gasteiger partial charge is 0.118 e. The molecule has 1 aromatic heterocycles. The van der Waals surface area contributed by atoms with Gasteiger partial charge in [0.05, 0.1) is 35.2 Å². The van der Waals surface area contributed by atoms with Crippen molar-refractivity contribution >= 4 is 33.2 Å². The largest absolute Gasteiger partial charge is 0.497 e. The molecule has 0 fully saturated rings. The predicted octanol–water partition coefficient (Wildman–Crippen LogP) is 5.54. The molecule has 0 aliphatic rings. The van der Waals surface area contributed by atoms with Crippen LogP contribution in [0.1, 0.15) is 21.9 Å². The maximum Gasteiger partial charge on any atom is 0.118 e. The van der Waals surface area contributed by atoms with Crippen LogP contribution in [0.2, 0.25) is 5.02 Å². The fraction of sp³-hybridized carbons (Fsp3) is 0.192. The van der Waals surface area contributed by atoms with Gasteiger partial charge >= 0.3 is 0 Å². The lowest BCUT2D eigenvalue weighted by molar-refractivity contribution is 0.414. The van der Waals surface area contributed by atoms with Crippen LogP contribution in [0.15, 0.2) is 96.4 Å². The van der Waals surface area contributed by atoms with Crippen LogP contribution in [0.3, 0.4) is 0 Å². The Morgan fingerprint density at radius 2 is 1.56 bits per heavy atom. The van der Waals surface area contributed by atoms with E-state index in [9.17, 15) is 8.42 Å². The minimum absolute atomic E-state index is 0.242. The van der Waals surface area contributed by atoms with E-state index in [1.54, 1.807) is 19.6 Å². The molecular weight excluding hydrogens is 488 g/mol. The molecule has 0 saturated carbocycles. The van der Waals surface area contributed by atoms with Crippen LogP contribution >= 0.6 is 11.6 Å². The van der Waals surface area contributed by atoms with E-state index in [-0.39, 0.29) is 5.25 Å². The molecule has 4 rings (SSSR count). The molecule has 0 amide bonds. The summed E-state index contributed by atoms with van der Waals surface area (Å²) in [6, 6.07) is 22.6. The topological polar surface area (TPSA) is 61.2 Å². The minimum atomic E-state index is -1.18. The average molecular weight is 513 g/mol. The first-order valence-corrected chi connectivity index (χ1v) is 13.8. The first kappa shape index (κ1) is 24.4. The molecule has 5 nitrogen and oxygen atoms in total. The molecule has 3 unspecified atom stereocenters. The molecule has 0 N–H and O–H groups in total. The number of methoxy groups -OCH3 is 1. The van der Waals surface area contributed by atoms with Gasteiger partial charge in [-0.15, -0.1) is 0 Å². The van der Waals surface area contributed by atoms with E-state index in [0.717, 1.165) is 27.3 Å². The zero-order chi connectivity index (χ0) is 23.9. The van der Waals surface area contributed by atoms with Crippen LogP contribution in [0.25, 0.3) is 0 Å². The van der Waals surface area contributed by atoms with E-state index in [4.69, 9.17) is 16.3 Å². The van der Waals surface area contributed by atoms with Gasteiger partial charge in [0.2, 0.25) is 0 Å². The third-order valence-electron chi connectivity index (χ3n) is 5.45. The molecule has 0 saturated heterocycles. The first-order valence-electron chi connectivity index (χ1n) is 10.7. The minimum Gasteiger partial charge on any atom is -0.497 e. The normalized spacial score (nSPS) is 13.8. The van der Waals surface area contributed by atoms with Crippen molar-refractivity contribution in [3.8, 4) is 5.75 Å². The Labute approximate surface area is 209 Å². The molecule has 0 radical (unpaired) electrons. The van der Waals surface area contributed by atoms with Gasteiger partial charge in [0.1, 0.15) is 5.75 Å². The summed E-state index contributed by atoms with van der Waals surface area (Å²) in [5.74, 6) is 1.61. The van der Waals surface area contributed by atoms with Crippen LogP contribution in [-0.4, -0.2) is 25.1 Å². The Morgan fingerprint density at radius 1 is 0.912 bits per heavy atom. The van der Waals surface area contributed by atoms with Gasteiger partial charge in [-0.2, -0.15) is 0 Å². The third kappa shape index (κ3) is 6.44. The first-order chi connectivity index (χ1) is 16.5. The Hall–Kier alpha value is -2.74. The molecule has 0 aliphatic carbocycles. The molecular formula is C26H25ClN2O3S2. The summed E-state index contributed by atoms with van der Waals surface area (Å²) in [7, 11) is -0.745. The molecule has 0 bridgehead atoms. The third-order valence-corrected chi connectivity index (χ3v) is 8.77. The van der Waals surface area contributed by atoms with Gasteiger partial charge in [-0.05, 0) is 53.1 Å². The van der Waals surface area contributed by atoms with E-state index in [0.29, 0.717) is 23.1 Å². The van der Waals surface area contributed by atoms with Crippen molar-refractivity contribution in [3.05, 3.63) is 113 Å². The maximum atomic E-state index is 13.4. The highest BCUT2D eigenvalue weighted by atomic mass is 35.5. The van der Waals surface area contributed by atoms with E-state index in [1.807, 2.05) is 83.6 Å². The van der Waals surface area contributed by atoms with Gasteiger partial charge in [0.25, 0.3) is 0 Å². The van der Waals surface area contributed by atoms with Gasteiger partial charge in [-0.25, -0.2) is 4.98 Å². The van der Waals surface area contributed by atoms with Crippen molar-refractivity contribution in [1.82, 2.24) is 9.55 Å². The summed E-state index contributed by atoms with van der Waals surface area (Å²) >= 11 is 5.99. The van der Waals surface area contributed by atoms with Gasteiger partial charge in [-0.3, -0.25) is 8.42 Å². The highest BCUT2D eigenvalue weighted by Crippen LogP contribution is 2.27. The summed E-state index contributed by atoms with van der Waals surface area (Å²) < 4.78 is 33.4. The fourth-order valence-electron chi connectivity index (χ4n) is 3.56. The summed E-state index contributed by atoms with van der Waals surface area (Å²) in [6.45, 7) is 0.536. The lowest BCUT2D eigenvalue weighted by Gasteiger charge is -2.18. The van der Waals surface area contributed by atoms with Crippen molar-refractivity contribution in [2.45, 2.75) is 28.2 Å². The van der Waals surface area contributed by atoms with Gasteiger partial charge in [0.15, 0.2) is 0 Å². The summed E-state index contributed by atoms with van der Waals surface area (Å²) in [5, 5.41) is 0.414. The van der Waals surface area contributed by atoms with E-state index in [1.165, 1.54) is 0 Å². The second kappa shape index (κ2) is 11.6. The maximum absolute atomic E-state index is 13.4. The second-order valence-corrected chi connectivity index (χ2v) is 11.3. The van der Waals surface area contributed by atoms with E-state index >= 15 is 0 Å². The van der Waals surface area contributed by atoms with Crippen molar-refractivity contribution in [3.63, 3.8) is 0 Å². The van der Waals surface area contributed by atoms with Gasteiger partial charge in [0, 0.05) is 45.4 Å². The molecule has 34 heavy (non-hydrogen) atoms. The van der Waals surface area contributed by atoms with Gasteiger partial charge < -0.3 is 9.30 Å². The van der Waals surface area contributed by atoms with Gasteiger partial charge in [-0.1, -0.05) is 48.0 Å². The van der Waals surface area contributed by atoms with Crippen LogP contribution < -0.4 is 4.74 Å². The Morgan fingerprint density at radius 3 is 2.18 bits per heavy atom. The van der Waals surface area contributed by atoms with E-state index in [2.05, 4.69) is 4.98 Å².